The van der Waals surface area contributed by atoms with Crippen LogP contribution in [0.3, 0.4) is 0 Å². The van der Waals surface area contributed by atoms with E-state index >= 15 is 0 Å². The van der Waals surface area contributed by atoms with E-state index in [2.05, 4.69) is 41.9 Å². The molecule has 0 aliphatic carbocycles. The third-order valence-electron chi connectivity index (χ3n) is 5.64. The van der Waals surface area contributed by atoms with Crippen molar-refractivity contribution >= 4 is 5.91 Å². The summed E-state index contributed by atoms with van der Waals surface area (Å²) in [6.07, 6.45) is 3.74. The second-order valence-electron chi connectivity index (χ2n) is 7.93. The number of pyridine rings is 1. The number of nitrogens with zero attached hydrogens (tertiary/aromatic N) is 3. The average Bonchev–Trinajstić information content (AvgIpc) is 3.08. The topological polar surface area (TPSA) is 45.7 Å². The van der Waals surface area contributed by atoms with Gasteiger partial charge in [-0.05, 0) is 43.0 Å². The van der Waals surface area contributed by atoms with Crippen LogP contribution in [0.2, 0.25) is 0 Å². The van der Waals surface area contributed by atoms with Gasteiger partial charge in [0.1, 0.15) is 5.75 Å². The lowest BCUT2D eigenvalue weighted by atomic mass is 9.87. The van der Waals surface area contributed by atoms with E-state index in [-0.39, 0.29) is 11.9 Å². The van der Waals surface area contributed by atoms with Crippen LogP contribution < -0.4 is 4.74 Å². The summed E-state index contributed by atoms with van der Waals surface area (Å²) in [5.74, 6) is 1.76. The predicted molar refractivity (Wildman–Crippen MR) is 111 cm³/mol. The standard InChI is InChI=1S/C23H31N3O2/c1-17(2)26(18(3)27)15-20-14-25(13-19-8-7-11-24-12-19)16-22(20)21-9-5-6-10-23(21)28-4/h5-12,17,20,22H,13-16H2,1-4H3. The minimum Gasteiger partial charge on any atom is -0.496 e. The first-order valence-corrected chi connectivity index (χ1v) is 10.0. The maximum atomic E-state index is 12.2. The van der Waals surface area contributed by atoms with Crippen LogP contribution in [0.25, 0.3) is 0 Å². The minimum atomic E-state index is 0.138. The molecule has 1 aromatic heterocycles. The van der Waals surface area contributed by atoms with E-state index in [4.69, 9.17) is 4.74 Å². The van der Waals surface area contributed by atoms with Gasteiger partial charge in [0.2, 0.25) is 5.91 Å². The molecular formula is C23H31N3O2. The molecule has 0 saturated carbocycles. The van der Waals surface area contributed by atoms with Crippen molar-refractivity contribution in [2.75, 3.05) is 26.7 Å². The zero-order valence-electron chi connectivity index (χ0n) is 17.3. The Kier molecular flexibility index (Phi) is 6.68. The lowest BCUT2D eigenvalue weighted by molar-refractivity contribution is -0.131. The molecule has 1 aliphatic rings. The number of amides is 1. The van der Waals surface area contributed by atoms with Gasteiger partial charge in [-0.1, -0.05) is 24.3 Å². The SMILES string of the molecule is COc1ccccc1C1CN(Cc2cccnc2)CC1CN(C(C)=O)C(C)C. The van der Waals surface area contributed by atoms with Crippen LogP contribution in [-0.2, 0) is 11.3 Å². The van der Waals surface area contributed by atoms with E-state index in [0.717, 1.165) is 31.9 Å². The molecule has 0 radical (unpaired) electrons. The van der Waals surface area contributed by atoms with E-state index in [1.807, 2.05) is 29.3 Å². The number of carbonyl (C=O) groups is 1. The second-order valence-corrected chi connectivity index (χ2v) is 7.93. The van der Waals surface area contributed by atoms with E-state index in [1.165, 1.54) is 11.1 Å². The van der Waals surface area contributed by atoms with Crippen molar-refractivity contribution in [3.8, 4) is 5.75 Å². The molecule has 1 saturated heterocycles. The summed E-state index contributed by atoms with van der Waals surface area (Å²) < 4.78 is 5.65. The number of benzene rings is 1. The van der Waals surface area contributed by atoms with Crippen LogP contribution in [0, 0.1) is 5.92 Å². The Morgan fingerprint density at radius 1 is 1.25 bits per heavy atom. The van der Waals surface area contributed by atoms with Crippen molar-refractivity contribution in [3.63, 3.8) is 0 Å². The zero-order chi connectivity index (χ0) is 20.1. The lowest BCUT2D eigenvalue weighted by Gasteiger charge is -2.31. The van der Waals surface area contributed by atoms with Crippen LogP contribution >= 0.6 is 0 Å². The largest absolute Gasteiger partial charge is 0.496 e. The Balaban J connectivity index is 1.85. The molecule has 1 aliphatic heterocycles. The van der Waals surface area contributed by atoms with Crippen LogP contribution in [0.15, 0.2) is 48.8 Å². The van der Waals surface area contributed by atoms with Crippen LogP contribution in [0.5, 0.6) is 5.75 Å². The number of hydrogen-bond donors (Lipinski definition) is 0. The first-order chi connectivity index (χ1) is 13.5. The summed E-state index contributed by atoms with van der Waals surface area (Å²) in [5.41, 5.74) is 2.45. The summed E-state index contributed by atoms with van der Waals surface area (Å²) in [6.45, 7) is 9.37. The number of carbonyl (C=O) groups excluding carboxylic acids is 1. The van der Waals surface area contributed by atoms with Gasteiger partial charge in [-0.3, -0.25) is 14.7 Å². The molecule has 5 heteroatoms. The average molecular weight is 382 g/mol. The summed E-state index contributed by atoms with van der Waals surface area (Å²) in [5, 5.41) is 0. The molecule has 3 rings (SSSR count). The minimum absolute atomic E-state index is 0.138. The third kappa shape index (κ3) is 4.71. The van der Waals surface area contributed by atoms with Crippen molar-refractivity contribution in [3.05, 3.63) is 59.9 Å². The van der Waals surface area contributed by atoms with Crippen molar-refractivity contribution in [1.82, 2.24) is 14.8 Å². The molecule has 1 aromatic carbocycles. The van der Waals surface area contributed by atoms with E-state index in [1.54, 1.807) is 20.2 Å². The molecular weight excluding hydrogens is 350 g/mol. The number of rotatable bonds is 7. The first-order valence-electron chi connectivity index (χ1n) is 10.0. The molecule has 5 nitrogen and oxygen atoms in total. The van der Waals surface area contributed by atoms with Crippen molar-refractivity contribution < 1.29 is 9.53 Å². The van der Waals surface area contributed by atoms with Gasteiger partial charge in [-0.15, -0.1) is 0 Å². The number of aromatic nitrogens is 1. The highest BCUT2D eigenvalue weighted by molar-refractivity contribution is 5.73. The van der Waals surface area contributed by atoms with Gasteiger partial charge in [0.15, 0.2) is 0 Å². The zero-order valence-corrected chi connectivity index (χ0v) is 17.3. The monoisotopic (exact) mass is 381 g/mol. The van der Waals surface area contributed by atoms with E-state index in [0.29, 0.717) is 11.8 Å². The summed E-state index contributed by atoms with van der Waals surface area (Å²) >= 11 is 0. The summed E-state index contributed by atoms with van der Waals surface area (Å²) in [6, 6.07) is 12.6. The Hall–Kier alpha value is -2.40. The molecule has 1 amide bonds. The van der Waals surface area contributed by atoms with Gasteiger partial charge in [0.05, 0.1) is 7.11 Å². The second kappa shape index (κ2) is 9.20. The normalized spacial score (nSPS) is 19.8. The van der Waals surface area contributed by atoms with Gasteiger partial charge in [-0.2, -0.15) is 0 Å². The van der Waals surface area contributed by atoms with Crippen LogP contribution in [-0.4, -0.2) is 53.5 Å². The van der Waals surface area contributed by atoms with Gasteiger partial charge >= 0.3 is 0 Å². The third-order valence-corrected chi connectivity index (χ3v) is 5.64. The highest BCUT2D eigenvalue weighted by atomic mass is 16.5. The first kappa shape index (κ1) is 20.3. The lowest BCUT2D eigenvalue weighted by Crippen LogP contribution is -2.40. The highest BCUT2D eigenvalue weighted by Crippen LogP contribution is 2.38. The molecule has 2 atom stereocenters. The Morgan fingerprint density at radius 3 is 2.68 bits per heavy atom. The number of para-hydroxylation sites is 1. The molecule has 150 valence electrons. The molecule has 0 bridgehead atoms. The number of hydrogen-bond acceptors (Lipinski definition) is 4. The van der Waals surface area contributed by atoms with E-state index < -0.39 is 0 Å². The molecule has 2 unspecified atom stereocenters. The number of methoxy groups -OCH3 is 1. The number of likely N-dealkylation sites (tertiary alicyclic amines) is 1. The fraction of sp³-hybridized carbons (Fsp3) is 0.478. The maximum Gasteiger partial charge on any atom is 0.219 e. The van der Waals surface area contributed by atoms with Crippen molar-refractivity contribution in [1.29, 1.82) is 0 Å². The Bertz CT molecular complexity index is 778. The Labute approximate surface area is 168 Å². The molecule has 1 fully saturated rings. The quantitative estimate of drug-likeness (QED) is 0.736. The molecule has 0 spiro atoms. The fourth-order valence-corrected chi connectivity index (χ4v) is 4.31. The number of ether oxygens (including phenoxy) is 1. The summed E-state index contributed by atoms with van der Waals surface area (Å²) in [4.78, 5) is 20.9. The van der Waals surface area contributed by atoms with Crippen molar-refractivity contribution in [2.45, 2.75) is 39.3 Å². The van der Waals surface area contributed by atoms with Gasteiger partial charge in [-0.25, -0.2) is 0 Å². The van der Waals surface area contributed by atoms with Crippen LogP contribution in [0.1, 0.15) is 37.8 Å². The van der Waals surface area contributed by atoms with E-state index in [9.17, 15) is 4.79 Å². The summed E-state index contributed by atoms with van der Waals surface area (Å²) in [7, 11) is 1.73. The highest BCUT2D eigenvalue weighted by Gasteiger charge is 2.37. The predicted octanol–water partition coefficient (Wildman–Crippen LogP) is 3.56. The maximum absolute atomic E-state index is 12.2. The van der Waals surface area contributed by atoms with Gasteiger partial charge in [0.25, 0.3) is 0 Å². The Morgan fingerprint density at radius 2 is 2.04 bits per heavy atom. The van der Waals surface area contributed by atoms with Gasteiger partial charge < -0.3 is 9.64 Å². The fourth-order valence-electron chi connectivity index (χ4n) is 4.31. The van der Waals surface area contributed by atoms with Gasteiger partial charge in [0, 0.05) is 57.5 Å². The van der Waals surface area contributed by atoms with Crippen molar-refractivity contribution in [2.24, 2.45) is 5.92 Å². The molecule has 2 aromatic rings. The van der Waals surface area contributed by atoms with Crippen LogP contribution in [0.4, 0.5) is 0 Å². The smallest absolute Gasteiger partial charge is 0.219 e. The molecule has 2 heterocycles. The molecule has 28 heavy (non-hydrogen) atoms. The molecule has 0 N–H and O–H groups in total.